The number of aromatic nitrogens is 1. The molecule has 9 heteroatoms. The molecule has 1 amide bonds. The number of aliphatic carboxylic acids is 1. The zero-order valence-corrected chi connectivity index (χ0v) is 19.2. The number of fused-ring (bicyclic) bond motifs is 1. The first kappa shape index (κ1) is 22.4. The summed E-state index contributed by atoms with van der Waals surface area (Å²) in [5.74, 6) is -0.471. The van der Waals surface area contributed by atoms with Crippen molar-refractivity contribution in [1.29, 1.82) is 0 Å². The predicted molar refractivity (Wildman–Crippen MR) is 123 cm³/mol. The van der Waals surface area contributed by atoms with Crippen LogP contribution in [0.15, 0.2) is 24.5 Å². The van der Waals surface area contributed by atoms with Gasteiger partial charge in [0.15, 0.2) is 0 Å². The molecule has 4 aliphatic rings. The highest BCUT2D eigenvalue weighted by Crippen LogP contribution is 2.38. The van der Waals surface area contributed by atoms with Gasteiger partial charge in [-0.1, -0.05) is 6.42 Å². The Hall–Kier alpha value is -2.39. The minimum Gasteiger partial charge on any atom is -0.481 e. The Bertz CT molecular complexity index is 823. The van der Waals surface area contributed by atoms with Gasteiger partial charge in [-0.15, -0.1) is 0 Å². The van der Waals surface area contributed by atoms with Crippen LogP contribution in [-0.2, 0) is 9.53 Å². The molecule has 33 heavy (non-hydrogen) atoms. The van der Waals surface area contributed by atoms with Crippen LogP contribution in [0.3, 0.4) is 0 Å². The number of nitrogens with zero attached hydrogens (tertiary/aromatic N) is 5. The number of carbonyl (C=O) groups excluding carboxylic acids is 1. The van der Waals surface area contributed by atoms with Gasteiger partial charge in [-0.25, -0.2) is 14.8 Å². The summed E-state index contributed by atoms with van der Waals surface area (Å²) in [4.78, 5) is 32.9. The molecule has 3 aliphatic heterocycles. The van der Waals surface area contributed by atoms with Crippen LogP contribution < -0.4 is 4.90 Å². The molecule has 0 bridgehead atoms. The van der Waals surface area contributed by atoms with Gasteiger partial charge >= 0.3 is 12.1 Å². The number of rotatable bonds is 6. The fourth-order valence-electron chi connectivity index (χ4n) is 6.08. The molecule has 1 aromatic heterocycles. The van der Waals surface area contributed by atoms with Gasteiger partial charge in [0.2, 0.25) is 0 Å². The minimum absolute atomic E-state index is 0.0268. The first-order chi connectivity index (χ1) is 16.1. The number of amides is 1. The van der Waals surface area contributed by atoms with Crippen LogP contribution in [0.1, 0.15) is 38.5 Å². The highest BCUT2D eigenvalue weighted by Gasteiger charge is 2.50. The molecule has 4 heterocycles. The van der Waals surface area contributed by atoms with Crippen LogP contribution in [0, 0.1) is 11.8 Å². The number of hydrogen-bond acceptors (Lipinski definition) is 7. The number of anilines is 1. The van der Waals surface area contributed by atoms with Gasteiger partial charge in [-0.2, -0.15) is 0 Å². The molecule has 0 aromatic carbocycles. The van der Waals surface area contributed by atoms with Crippen LogP contribution in [-0.4, -0.2) is 95.0 Å². The molecule has 5 rings (SSSR count). The third-order valence-electron chi connectivity index (χ3n) is 8.00. The zero-order valence-electron chi connectivity index (χ0n) is 19.2. The molecule has 1 saturated carbocycles. The van der Waals surface area contributed by atoms with E-state index in [0.29, 0.717) is 5.92 Å². The summed E-state index contributed by atoms with van der Waals surface area (Å²) in [7, 11) is 0. The number of hydrazine groups is 1. The van der Waals surface area contributed by atoms with E-state index in [2.05, 4.69) is 19.8 Å². The van der Waals surface area contributed by atoms with E-state index in [4.69, 9.17) is 4.74 Å². The fraction of sp³-hybridized carbons (Fsp3) is 0.708. The van der Waals surface area contributed by atoms with E-state index in [9.17, 15) is 14.7 Å². The number of piperidine rings is 1. The van der Waals surface area contributed by atoms with E-state index in [1.54, 1.807) is 0 Å². The normalized spacial score (nSPS) is 29.7. The van der Waals surface area contributed by atoms with Crippen molar-refractivity contribution in [3.05, 3.63) is 24.5 Å². The van der Waals surface area contributed by atoms with Gasteiger partial charge < -0.3 is 19.6 Å². The zero-order chi connectivity index (χ0) is 22.8. The number of pyridine rings is 1. The molecule has 0 radical (unpaired) electrons. The lowest BCUT2D eigenvalue weighted by Gasteiger charge is -2.43. The van der Waals surface area contributed by atoms with Gasteiger partial charge in [-0.3, -0.25) is 9.78 Å². The molecule has 1 N–H and O–H groups in total. The van der Waals surface area contributed by atoms with Crippen molar-refractivity contribution >= 4 is 17.7 Å². The van der Waals surface area contributed by atoms with Gasteiger partial charge in [0, 0.05) is 44.3 Å². The Morgan fingerprint density at radius 2 is 1.76 bits per heavy atom. The number of piperazine rings is 1. The van der Waals surface area contributed by atoms with E-state index in [1.807, 2.05) is 29.5 Å². The van der Waals surface area contributed by atoms with Crippen molar-refractivity contribution in [2.75, 3.05) is 50.7 Å². The number of carboxylic acid groups (broad SMARTS) is 1. The summed E-state index contributed by atoms with van der Waals surface area (Å²) in [6, 6.07) is 4.21. The molecule has 3 unspecified atom stereocenters. The Morgan fingerprint density at radius 1 is 1.03 bits per heavy atom. The lowest BCUT2D eigenvalue weighted by molar-refractivity contribution is -0.143. The van der Waals surface area contributed by atoms with Crippen LogP contribution in [0.25, 0.3) is 0 Å². The number of likely N-dealkylation sites (tertiary alicyclic amines) is 1. The van der Waals surface area contributed by atoms with Crippen LogP contribution in [0.4, 0.5) is 10.5 Å². The molecule has 3 saturated heterocycles. The largest absolute Gasteiger partial charge is 0.481 e. The first-order valence-corrected chi connectivity index (χ1v) is 12.4. The summed E-state index contributed by atoms with van der Waals surface area (Å²) < 4.78 is 5.97. The first-order valence-electron chi connectivity index (χ1n) is 12.4. The molecular formula is C24H35N5O4. The maximum Gasteiger partial charge on any atom is 0.425 e. The Kier molecular flexibility index (Phi) is 6.69. The number of ether oxygens (including phenoxy) is 1. The molecule has 0 spiro atoms. The van der Waals surface area contributed by atoms with Gasteiger partial charge in [0.1, 0.15) is 6.10 Å². The Balaban J connectivity index is 1.14. The highest BCUT2D eigenvalue weighted by atomic mass is 16.6. The quantitative estimate of drug-likeness (QED) is 0.696. The fourth-order valence-corrected chi connectivity index (χ4v) is 6.08. The molecule has 4 fully saturated rings. The molecule has 3 atom stereocenters. The molecular weight excluding hydrogens is 422 g/mol. The average Bonchev–Trinajstić information content (AvgIpc) is 3.20. The lowest BCUT2D eigenvalue weighted by atomic mass is 9.81. The summed E-state index contributed by atoms with van der Waals surface area (Å²) in [5, 5.41) is 13.3. The molecule has 1 aliphatic carbocycles. The van der Waals surface area contributed by atoms with E-state index < -0.39 is 5.97 Å². The number of carboxylic acids is 1. The van der Waals surface area contributed by atoms with Gasteiger partial charge in [-0.05, 0) is 69.8 Å². The van der Waals surface area contributed by atoms with Crippen LogP contribution in [0.2, 0.25) is 0 Å². The van der Waals surface area contributed by atoms with Gasteiger partial charge in [0.05, 0.1) is 12.0 Å². The third kappa shape index (κ3) is 4.80. The summed E-state index contributed by atoms with van der Waals surface area (Å²) in [6.45, 7) is 6.04. The monoisotopic (exact) mass is 457 g/mol. The Morgan fingerprint density at radius 3 is 2.45 bits per heavy atom. The van der Waals surface area contributed by atoms with Crippen molar-refractivity contribution < 1.29 is 19.4 Å². The van der Waals surface area contributed by atoms with Crippen molar-refractivity contribution in [3.63, 3.8) is 0 Å². The SMILES string of the molecule is O=C(O)C1CCN(CCC2CCCC3C2OC(=O)N3N2CCN(c3ccncc3)CC2)CC1. The smallest absolute Gasteiger partial charge is 0.425 e. The van der Waals surface area contributed by atoms with E-state index in [1.165, 1.54) is 5.69 Å². The third-order valence-corrected chi connectivity index (χ3v) is 8.00. The standard InChI is InChI=1S/C24H35N5O4/c30-23(31)19-7-12-26(13-8-19)11-6-18-2-1-3-21-22(18)33-24(32)29(21)28-16-14-27(15-17-28)20-4-9-25-10-5-20/h4-5,9-10,18-19,21-22H,1-3,6-8,11-17H2,(H,30,31). The predicted octanol–water partition coefficient (Wildman–Crippen LogP) is 2.29. The summed E-state index contributed by atoms with van der Waals surface area (Å²) in [5.41, 5.74) is 1.18. The van der Waals surface area contributed by atoms with Crippen molar-refractivity contribution in [2.45, 2.75) is 50.7 Å². The Labute approximate surface area is 195 Å². The summed E-state index contributed by atoms with van der Waals surface area (Å²) in [6.07, 6.45) is 9.14. The second-order valence-electron chi connectivity index (χ2n) is 9.84. The lowest BCUT2D eigenvalue weighted by Crippen LogP contribution is -2.58. The second-order valence-corrected chi connectivity index (χ2v) is 9.84. The molecule has 9 nitrogen and oxygen atoms in total. The minimum atomic E-state index is -0.663. The van der Waals surface area contributed by atoms with E-state index >= 15 is 0 Å². The van der Waals surface area contributed by atoms with Crippen LogP contribution in [0.5, 0.6) is 0 Å². The number of carbonyl (C=O) groups is 2. The molecule has 1 aromatic rings. The topological polar surface area (TPSA) is 89.4 Å². The maximum atomic E-state index is 12.9. The van der Waals surface area contributed by atoms with Crippen molar-refractivity contribution in [3.8, 4) is 0 Å². The van der Waals surface area contributed by atoms with E-state index in [0.717, 1.165) is 84.3 Å². The van der Waals surface area contributed by atoms with E-state index in [-0.39, 0.29) is 24.2 Å². The van der Waals surface area contributed by atoms with Crippen molar-refractivity contribution in [1.82, 2.24) is 19.9 Å². The maximum absolute atomic E-state index is 12.9. The van der Waals surface area contributed by atoms with Gasteiger partial charge in [0.25, 0.3) is 0 Å². The highest BCUT2D eigenvalue weighted by molar-refractivity contribution is 5.70. The molecule has 180 valence electrons. The average molecular weight is 458 g/mol. The second kappa shape index (κ2) is 9.85. The summed E-state index contributed by atoms with van der Waals surface area (Å²) >= 11 is 0. The number of hydrogen-bond donors (Lipinski definition) is 1. The van der Waals surface area contributed by atoms with Crippen LogP contribution >= 0.6 is 0 Å². The van der Waals surface area contributed by atoms with Crippen molar-refractivity contribution in [2.24, 2.45) is 11.8 Å².